The molecule has 0 aromatic carbocycles. The number of aromatic nitrogens is 4. The number of nitrogens with one attached hydrogen (secondary N) is 1. The molecule has 0 aliphatic carbocycles. The second-order valence-corrected chi connectivity index (χ2v) is 10.8. The van der Waals surface area contributed by atoms with E-state index >= 15 is 0 Å². The van der Waals surface area contributed by atoms with Gasteiger partial charge in [-0.05, 0) is 110 Å². The zero-order chi connectivity index (χ0) is 28.6. The van der Waals surface area contributed by atoms with Gasteiger partial charge in [0.15, 0.2) is 0 Å². The lowest BCUT2D eigenvalue weighted by molar-refractivity contribution is 0.815. The largest absolute Gasteiger partial charge is 0.355 e. The van der Waals surface area contributed by atoms with Gasteiger partial charge >= 0.3 is 0 Å². The van der Waals surface area contributed by atoms with Crippen LogP contribution in [0.3, 0.4) is 0 Å². The van der Waals surface area contributed by atoms with Gasteiger partial charge in [-0.2, -0.15) is 0 Å². The number of aromatic amines is 1. The minimum Gasteiger partial charge on any atom is -0.355 e. The van der Waals surface area contributed by atoms with Gasteiger partial charge in [0.25, 0.3) is 0 Å². The molecule has 0 fully saturated rings. The van der Waals surface area contributed by atoms with E-state index in [4.69, 9.17) is 9.97 Å². The third kappa shape index (κ3) is 5.49. The minimum atomic E-state index is 0. The van der Waals surface area contributed by atoms with Crippen LogP contribution in [0.2, 0.25) is 0 Å². The van der Waals surface area contributed by atoms with Crippen molar-refractivity contribution < 1.29 is 0 Å². The Bertz CT molecular complexity index is 1680. The molecule has 0 atom stereocenters. The topological polar surface area (TPSA) is 46.5 Å². The van der Waals surface area contributed by atoms with Crippen molar-refractivity contribution in [3.63, 3.8) is 0 Å². The molecule has 0 amide bonds. The number of hydrogen-bond acceptors (Lipinski definition) is 2. The van der Waals surface area contributed by atoms with Crippen LogP contribution in [-0.2, 0) is 38.6 Å². The minimum absolute atomic E-state index is 0. The van der Waals surface area contributed by atoms with E-state index in [0.29, 0.717) is 0 Å². The Morgan fingerprint density at radius 3 is 1.69 bits per heavy atom. The summed E-state index contributed by atoms with van der Waals surface area (Å²) in [6.07, 6.45) is 11.2. The fourth-order valence-electron chi connectivity index (χ4n) is 7.06. The van der Waals surface area contributed by atoms with Crippen LogP contribution in [0.25, 0.3) is 45.4 Å². The predicted octanol–water partition coefficient (Wildman–Crippen LogP) is 10.4. The molecule has 1 N–H and O–H groups in total. The first kappa shape index (κ1) is 33.7. The molecule has 0 spiro atoms. The molecule has 0 unspecified atom stereocenters. The summed E-state index contributed by atoms with van der Waals surface area (Å²) in [5.74, 6) is 0. The van der Waals surface area contributed by atoms with Gasteiger partial charge in [0.2, 0.25) is 0 Å². The van der Waals surface area contributed by atoms with Crippen LogP contribution < -0.4 is 0 Å². The molecule has 2 aliphatic heterocycles. The molecule has 4 nitrogen and oxygen atoms in total. The molecular weight excluding hydrogens is 559 g/mol. The summed E-state index contributed by atoms with van der Waals surface area (Å²) in [7, 11) is 0. The number of fused-ring (bicyclic) bond motifs is 8. The average Bonchev–Trinajstić information content (AvgIpc) is 3.73. The molecule has 0 radical (unpaired) electrons. The van der Waals surface area contributed by atoms with E-state index in [-0.39, 0.29) is 24.8 Å². The molecule has 42 heavy (non-hydrogen) atoms. The van der Waals surface area contributed by atoms with E-state index in [1.54, 1.807) is 0 Å². The molecule has 6 heteroatoms. The van der Waals surface area contributed by atoms with Crippen molar-refractivity contribution in [2.45, 2.75) is 107 Å². The predicted molar refractivity (Wildman–Crippen MR) is 188 cm³/mol. The Morgan fingerprint density at radius 1 is 0.595 bits per heavy atom. The first-order valence-corrected chi connectivity index (χ1v) is 15.7. The quantitative estimate of drug-likeness (QED) is 0.217. The van der Waals surface area contributed by atoms with Crippen molar-refractivity contribution in [3.8, 4) is 0 Å². The fraction of sp³-hybridized carbons (Fsp3) is 0.444. The van der Waals surface area contributed by atoms with Gasteiger partial charge in [-0.3, -0.25) is 0 Å². The van der Waals surface area contributed by atoms with Gasteiger partial charge in [-0.1, -0.05) is 48.5 Å². The van der Waals surface area contributed by atoms with E-state index in [1.807, 2.05) is 0 Å². The number of H-pyrrole nitrogens is 1. The monoisotopic (exact) mass is 606 g/mol. The SMILES string of the molecule is CCC1=C(CC)c2nc1c(CC)c1[nH]c(cc3nc(cc4c(CC)c(CC)c(c2CC)n4CC)C=C3)cc1CC.Cl.Cl. The average molecular weight is 608 g/mol. The third-order valence-corrected chi connectivity index (χ3v) is 8.85. The maximum absolute atomic E-state index is 5.61. The molecule has 0 saturated carbocycles. The zero-order valence-electron chi connectivity index (χ0n) is 26.7. The van der Waals surface area contributed by atoms with Gasteiger partial charge in [0.05, 0.1) is 28.3 Å². The van der Waals surface area contributed by atoms with E-state index in [2.05, 4.69) is 95.3 Å². The molecule has 3 aromatic heterocycles. The highest BCUT2D eigenvalue weighted by Crippen LogP contribution is 2.41. The lowest BCUT2D eigenvalue weighted by Crippen LogP contribution is -2.00. The van der Waals surface area contributed by atoms with Gasteiger partial charge in [-0.15, -0.1) is 24.8 Å². The van der Waals surface area contributed by atoms with Gasteiger partial charge < -0.3 is 9.55 Å². The molecule has 0 saturated heterocycles. The number of allylic oxidation sites excluding steroid dienone is 2. The molecule has 8 bridgehead atoms. The summed E-state index contributed by atoms with van der Waals surface area (Å²) in [6.45, 7) is 19.2. The fourth-order valence-corrected chi connectivity index (χ4v) is 7.06. The van der Waals surface area contributed by atoms with Crippen molar-refractivity contribution in [1.29, 1.82) is 0 Å². The van der Waals surface area contributed by atoms with E-state index in [0.717, 1.165) is 68.4 Å². The van der Waals surface area contributed by atoms with Crippen LogP contribution in [0, 0.1) is 0 Å². The van der Waals surface area contributed by atoms with Crippen molar-refractivity contribution in [1.82, 2.24) is 19.5 Å². The Hall–Kier alpha value is -2.82. The Balaban J connectivity index is 0.00000242. The second kappa shape index (κ2) is 14.1. The third-order valence-electron chi connectivity index (χ3n) is 8.85. The molecule has 2 aliphatic rings. The van der Waals surface area contributed by atoms with Gasteiger partial charge in [0.1, 0.15) is 0 Å². The zero-order valence-corrected chi connectivity index (χ0v) is 28.3. The number of nitrogens with zero attached hydrogens (tertiary/aromatic N) is 3. The second-order valence-electron chi connectivity index (χ2n) is 10.8. The maximum Gasteiger partial charge on any atom is 0.0725 e. The van der Waals surface area contributed by atoms with E-state index < -0.39 is 0 Å². The summed E-state index contributed by atoms with van der Waals surface area (Å²) >= 11 is 0. The maximum atomic E-state index is 5.61. The van der Waals surface area contributed by atoms with Crippen LogP contribution in [-0.4, -0.2) is 19.5 Å². The summed E-state index contributed by atoms with van der Waals surface area (Å²) in [5.41, 5.74) is 19.3. The number of aryl methyl sites for hydroxylation is 6. The summed E-state index contributed by atoms with van der Waals surface area (Å²) < 4.78 is 2.55. The first-order valence-electron chi connectivity index (χ1n) is 15.7. The molecule has 5 heterocycles. The van der Waals surface area contributed by atoms with Crippen molar-refractivity contribution >= 4 is 70.2 Å². The molecule has 226 valence electrons. The molecule has 5 rings (SSSR count). The first-order chi connectivity index (χ1) is 19.5. The van der Waals surface area contributed by atoms with Crippen LogP contribution in [0.15, 0.2) is 18.2 Å². The lowest BCUT2D eigenvalue weighted by Gasteiger charge is -2.11. The van der Waals surface area contributed by atoms with Crippen molar-refractivity contribution in [2.75, 3.05) is 0 Å². The lowest BCUT2D eigenvalue weighted by atomic mass is 9.93. The summed E-state index contributed by atoms with van der Waals surface area (Å²) in [5, 5.41) is 0. The van der Waals surface area contributed by atoms with Crippen molar-refractivity contribution in [3.05, 3.63) is 68.8 Å². The number of hydrogen-bond donors (Lipinski definition) is 1. The number of rotatable bonds is 8. The Labute approximate surface area is 264 Å². The number of halogens is 2. The highest BCUT2D eigenvalue weighted by Gasteiger charge is 2.26. The van der Waals surface area contributed by atoms with Gasteiger partial charge in [-0.25, -0.2) is 9.97 Å². The molecular formula is C36H48Cl2N4. The van der Waals surface area contributed by atoms with Crippen LogP contribution in [0.5, 0.6) is 0 Å². The summed E-state index contributed by atoms with van der Waals surface area (Å²) in [6, 6.07) is 6.80. The summed E-state index contributed by atoms with van der Waals surface area (Å²) in [4.78, 5) is 14.4. The normalized spacial score (nSPS) is 12.5. The van der Waals surface area contributed by atoms with E-state index in [1.165, 1.54) is 66.9 Å². The standard InChI is InChI=1S/C36H46N4.2ClH/c1-9-22-19-25-20-23-17-18-24(37-23)21-32-26(10-2)29(13-5)36(40(32)16-8)31(15-7)35-28(12-4)27(11-3)34(39-35)30(14-6)33(22)38-25;;/h17-21,38H,9-16H2,1-8H3;2*1H. The smallest absolute Gasteiger partial charge is 0.0725 e. The van der Waals surface area contributed by atoms with Crippen LogP contribution in [0.1, 0.15) is 119 Å². The molecule has 3 aromatic rings. The highest BCUT2D eigenvalue weighted by atomic mass is 35.5. The Kier molecular flexibility index (Phi) is 11.3. The Morgan fingerprint density at radius 2 is 1.17 bits per heavy atom. The highest BCUT2D eigenvalue weighted by molar-refractivity contribution is 5.96. The van der Waals surface area contributed by atoms with Crippen LogP contribution in [0.4, 0.5) is 0 Å². The van der Waals surface area contributed by atoms with Gasteiger partial charge in [0, 0.05) is 34.2 Å². The van der Waals surface area contributed by atoms with Crippen molar-refractivity contribution in [2.24, 2.45) is 0 Å². The van der Waals surface area contributed by atoms with Crippen LogP contribution >= 0.6 is 24.8 Å². The van der Waals surface area contributed by atoms with E-state index in [9.17, 15) is 0 Å².